The third-order valence-electron chi connectivity index (χ3n) is 24.2. The van der Waals surface area contributed by atoms with Crippen LogP contribution in [0.3, 0.4) is 0 Å². The fourth-order valence-corrected chi connectivity index (χ4v) is 18.6. The molecule has 2 aliphatic rings. The molecule has 5 nitrogen and oxygen atoms in total. The number of para-hydroxylation sites is 6. The van der Waals surface area contributed by atoms with E-state index in [1.54, 1.807) is 0 Å². The number of benzene rings is 17. The Balaban J connectivity index is 0.913. The van der Waals surface area contributed by atoms with E-state index in [9.17, 15) is 0 Å². The van der Waals surface area contributed by atoms with Gasteiger partial charge in [-0.15, -0.1) is 0 Å². The Morgan fingerprint density at radius 2 is 0.552 bits per heavy atom. The molecule has 116 heavy (non-hydrogen) atoms. The topological polar surface area (TPSA) is 19.6 Å². The highest BCUT2D eigenvalue weighted by molar-refractivity contribution is 7.00. The molecule has 0 fully saturated rings. The normalized spacial score (nSPS) is 12.5. The lowest BCUT2D eigenvalue weighted by Crippen LogP contribution is -2.61. The van der Waals surface area contributed by atoms with Gasteiger partial charge >= 0.3 is 0 Å². The largest absolute Gasteiger partial charge is 0.310 e. The van der Waals surface area contributed by atoms with Gasteiger partial charge in [-0.3, -0.25) is 0 Å². The average molecular weight is 1490 g/mol. The van der Waals surface area contributed by atoms with E-state index in [0.29, 0.717) is 0 Å². The highest BCUT2D eigenvalue weighted by Crippen LogP contribution is 2.56. The quantitative estimate of drug-likeness (QED) is 0.107. The molecule has 0 radical (unpaired) electrons. The molecule has 0 atom stereocenters. The van der Waals surface area contributed by atoms with Crippen LogP contribution in [0, 0.1) is 0 Å². The van der Waals surface area contributed by atoms with E-state index in [4.69, 9.17) is 0 Å². The van der Waals surface area contributed by atoms with Crippen molar-refractivity contribution in [3.63, 3.8) is 0 Å². The number of nitrogens with zero attached hydrogens (tertiary/aromatic N) is 5. The second-order valence-electron chi connectivity index (χ2n) is 33.2. The lowest BCUT2D eigenvalue weighted by molar-refractivity contribution is 0.590. The Bertz CT molecular complexity index is 6830. The van der Waals surface area contributed by atoms with Crippen molar-refractivity contribution in [2.75, 3.05) is 14.7 Å². The van der Waals surface area contributed by atoms with Gasteiger partial charge in [-0.05, 0) is 198 Å². The van der Waals surface area contributed by atoms with Crippen molar-refractivity contribution in [3.05, 3.63) is 412 Å². The Kier molecular flexibility index (Phi) is 16.8. The highest BCUT2D eigenvalue weighted by Gasteiger charge is 2.46. The SMILES string of the molecule is CC(C)(C)c1ccc(N(c2ccc(C(C)(C)C)cc2)c2ccc3c(c2)N(c2c(-c4ccccc4)cccc2-c2ccccc2)c2cc(-c4ccc5c(c4)c4ccccc4n5-c4ccccc4)cc4c2B3c2ccc(-c3ccc5c(c3)c3ccccc3n5-c3ccccc3)cc2N4c2c(-c3ccccc3)cccc2-c2ccccc2)cc1. The van der Waals surface area contributed by atoms with Gasteiger partial charge in [0.2, 0.25) is 0 Å². The van der Waals surface area contributed by atoms with Crippen molar-refractivity contribution in [2.24, 2.45) is 0 Å². The molecular formula is C110H84BN5. The minimum absolute atomic E-state index is 0.0538. The van der Waals surface area contributed by atoms with Crippen LogP contribution in [0.5, 0.6) is 0 Å². The Labute approximate surface area is 679 Å². The maximum atomic E-state index is 2.70. The van der Waals surface area contributed by atoms with Crippen LogP contribution in [-0.4, -0.2) is 15.8 Å². The summed E-state index contributed by atoms with van der Waals surface area (Å²) in [7, 11) is 0. The first kappa shape index (κ1) is 69.7. The first-order chi connectivity index (χ1) is 56.8. The van der Waals surface area contributed by atoms with E-state index in [1.165, 1.54) is 54.6 Å². The van der Waals surface area contributed by atoms with Gasteiger partial charge in [0.25, 0.3) is 6.71 Å². The molecule has 0 saturated carbocycles. The van der Waals surface area contributed by atoms with Crippen molar-refractivity contribution in [2.45, 2.75) is 52.4 Å². The molecule has 0 spiro atoms. The molecule has 19 aromatic rings. The number of hydrogen-bond donors (Lipinski definition) is 0. The van der Waals surface area contributed by atoms with E-state index < -0.39 is 0 Å². The fourth-order valence-electron chi connectivity index (χ4n) is 18.6. The monoisotopic (exact) mass is 1490 g/mol. The Hall–Kier alpha value is -14.2. The Morgan fingerprint density at radius 3 is 0.957 bits per heavy atom. The molecule has 0 aliphatic carbocycles. The molecule has 21 rings (SSSR count). The van der Waals surface area contributed by atoms with E-state index >= 15 is 0 Å². The molecule has 0 amide bonds. The summed E-state index contributed by atoms with van der Waals surface area (Å²) in [6.07, 6.45) is 0. The van der Waals surface area contributed by atoms with Crippen LogP contribution in [-0.2, 0) is 10.8 Å². The maximum absolute atomic E-state index is 2.70. The van der Waals surface area contributed by atoms with Crippen LogP contribution >= 0.6 is 0 Å². The predicted molar refractivity (Wildman–Crippen MR) is 494 cm³/mol. The summed E-state index contributed by atoms with van der Waals surface area (Å²) >= 11 is 0. The van der Waals surface area contributed by atoms with E-state index in [1.807, 2.05) is 0 Å². The average Bonchev–Trinajstić information content (AvgIpc) is 0.952. The van der Waals surface area contributed by atoms with Crippen LogP contribution in [0.1, 0.15) is 52.7 Å². The minimum Gasteiger partial charge on any atom is -0.310 e. The summed E-state index contributed by atoms with van der Waals surface area (Å²) in [5, 5.41) is 4.79. The van der Waals surface area contributed by atoms with Crippen LogP contribution in [0.4, 0.5) is 51.2 Å². The van der Waals surface area contributed by atoms with Gasteiger partial charge in [0.15, 0.2) is 0 Å². The summed E-state index contributed by atoms with van der Waals surface area (Å²) in [4.78, 5) is 7.88. The Morgan fingerprint density at radius 1 is 0.233 bits per heavy atom. The molecule has 0 N–H and O–H groups in total. The molecule has 552 valence electrons. The first-order valence-electron chi connectivity index (χ1n) is 40.6. The standard InChI is InChI=1S/C110H84BN5/c1-109(2,3)81-54-58-85(59-55-81)112(86-60-56-82(57-61-86)110(4,5)6)87-62-64-97-103(72-87)116(108-90(75-35-17-9-18-36-75)47-30-48-91(108)76-37-19-10-20-38-76)105-71-80(78-53-66-101-95(68-78)93-44-26-28-50-99(93)114(101)84-41-23-12-24-42-84)70-104-106(105)111(97)96-63-51-79(77-52-65-100-94(67-77)92-43-25-27-49-98(92)113(100)83-39-21-11-22-40-83)69-102(96)115(104)107-88(73-31-13-7-14-32-73)45-29-46-89(107)74-33-15-8-16-34-74/h7-72H,1-6H3. The van der Waals surface area contributed by atoms with Gasteiger partial charge in [-0.1, -0.05) is 327 Å². The van der Waals surface area contributed by atoms with Crippen molar-refractivity contribution in [1.29, 1.82) is 0 Å². The third-order valence-corrected chi connectivity index (χ3v) is 24.2. The molecule has 2 aliphatic heterocycles. The van der Waals surface area contributed by atoms with Gasteiger partial charge < -0.3 is 23.8 Å². The second-order valence-corrected chi connectivity index (χ2v) is 33.2. The molecular weight excluding hydrogens is 1400 g/mol. The molecule has 0 bridgehead atoms. The number of hydrogen-bond acceptors (Lipinski definition) is 3. The number of aromatic nitrogens is 2. The van der Waals surface area contributed by atoms with Crippen molar-refractivity contribution >= 4 is 118 Å². The lowest BCUT2D eigenvalue weighted by atomic mass is 9.33. The first-order valence-corrected chi connectivity index (χ1v) is 40.6. The van der Waals surface area contributed by atoms with Gasteiger partial charge in [0, 0.05) is 95.0 Å². The van der Waals surface area contributed by atoms with E-state index in [2.05, 4.69) is 466 Å². The van der Waals surface area contributed by atoms with Crippen molar-refractivity contribution in [1.82, 2.24) is 9.13 Å². The molecule has 2 aromatic heterocycles. The van der Waals surface area contributed by atoms with Gasteiger partial charge in [-0.25, -0.2) is 0 Å². The summed E-state index contributed by atoms with van der Waals surface area (Å²) < 4.78 is 4.85. The summed E-state index contributed by atoms with van der Waals surface area (Å²) in [6.45, 7) is 13.5. The van der Waals surface area contributed by atoms with Crippen LogP contribution in [0.15, 0.2) is 400 Å². The van der Waals surface area contributed by atoms with Crippen molar-refractivity contribution in [3.8, 4) is 78.1 Å². The van der Waals surface area contributed by atoms with Crippen LogP contribution < -0.4 is 31.1 Å². The molecule has 17 aromatic carbocycles. The zero-order chi connectivity index (χ0) is 77.9. The summed E-state index contributed by atoms with van der Waals surface area (Å²) in [5.74, 6) is 0. The van der Waals surface area contributed by atoms with Crippen LogP contribution in [0.25, 0.3) is 122 Å². The zero-order valence-corrected chi connectivity index (χ0v) is 65.9. The van der Waals surface area contributed by atoms with E-state index in [-0.39, 0.29) is 17.5 Å². The fraction of sp³-hybridized carbons (Fsp3) is 0.0727. The predicted octanol–water partition coefficient (Wildman–Crippen LogP) is 28.0. The molecule has 0 unspecified atom stereocenters. The zero-order valence-electron chi connectivity index (χ0n) is 65.9. The molecule has 4 heterocycles. The summed E-state index contributed by atoms with van der Waals surface area (Å²) in [6, 6.07) is 151. The lowest BCUT2D eigenvalue weighted by Gasteiger charge is -2.46. The summed E-state index contributed by atoms with van der Waals surface area (Å²) in [5.41, 5.74) is 36.1. The van der Waals surface area contributed by atoms with Crippen LogP contribution in [0.2, 0.25) is 0 Å². The highest BCUT2D eigenvalue weighted by atomic mass is 15.2. The van der Waals surface area contributed by atoms with Crippen molar-refractivity contribution < 1.29 is 0 Å². The van der Waals surface area contributed by atoms with Gasteiger partial charge in [0.1, 0.15) is 0 Å². The second kappa shape index (κ2) is 27.9. The maximum Gasteiger partial charge on any atom is 0.252 e. The number of anilines is 9. The minimum atomic E-state index is -0.300. The van der Waals surface area contributed by atoms with E-state index in [0.717, 1.165) is 146 Å². The number of rotatable bonds is 13. The smallest absolute Gasteiger partial charge is 0.252 e. The third kappa shape index (κ3) is 11.8. The number of fused-ring (bicyclic) bond motifs is 10. The van der Waals surface area contributed by atoms with Gasteiger partial charge in [-0.2, -0.15) is 0 Å². The molecule has 0 saturated heterocycles. The van der Waals surface area contributed by atoms with Gasteiger partial charge in [0.05, 0.1) is 33.4 Å². The molecule has 6 heteroatoms.